The van der Waals surface area contributed by atoms with Gasteiger partial charge >= 0.3 is 5.91 Å². The van der Waals surface area contributed by atoms with Crippen LogP contribution in [0.25, 0.3) is 21.2 Å². The van der Waals surface area contributed by atoms with Gasteiger partial charge in [0.2, 0.25) is 0 Å². The van der Waals surface area contributed by atoms with E-state index in [0.717, 1.165) is 27.1 Å². The highest BCUT2D eigenvalue weighted by Gasteiger charge is 2.17. The molecule has 0 N–H and O–H groups in total. The molecule has 3 heterocycles. The number of hydrogen-bond donors (Lipinski definition) is 0. The summed E-state index contributed by atoms with van der Waals surface area (Å²) in [6.45, 7) is 3.79. The van der Waals surface area contributed by atoms with Gasteiger partial charge in [-0.25, -0.2) is 0 Å². The van der Waals surface area contributed by atoms with Crippen LogP contribution >= 0.6 is 11.3 Å². The van der Waals surface area contributed by atoms with Crippen LogP contribution < -0.4 is 14.3 Å². The lowest BCUT2D eigenvalue weighted by Crippen LogP contribution is -2.17. The fraction of sp³-hybridized carbons (Fsp3) is 0.200. The van der Waals surface area contributed by atoms with E-state index in [0.29, 0.717) is 30.1 Å². The van der Waals surface area contributed by atoms with Crippen molar-refractivity contribution >= 4 is 38.4 Å². The second kappa shape index (κ2) is 6.28. The number of para-hydroxylation sites is 1. The van der Waals surface area contributed by atoms with Gasteiger partial charge in [-0.1, -0.05) is 29.5 Å². The van der Waals surface area contributed by atoms with Gasteiger partial charge in [-0.2, -0.15) is 4.99 Å². The number of benzene rings is 2. The van der Waals surface area contributed by atoms with E-state index >= 15 is 0 Å². The molecular weight excluding hydrogens is 364 g/mol. The second-order valence-corrected chi connectivity index (χ2v) is 7.17. The predicted octanol–water partition coefficient (Wildman–Crippen LogP) is 3.98. The highest BCUT2D eigenvalue weighted by atomic mass is 32.1. The lowest BCUT2D eigenvalue weighted by Gasteiger charge is -2.18. The van der Waals surface area contributed by atoms with Crippen LogP contribution in [0.5, 0.6) is 11.5 Å². The molecule has 7 heteroatoms. The van der Waals surface area contributed by atoms with Gasteiger partial charge in [0.1, 0.15) is 18.8 Å². The first-order chi connectivity index (χ1) is 13.2. The SMILES string of the molecule is CCn1c(=NC(=O)c2cc3ccccc3o2)sc2cc3c(cc21)OCCO3. The number of nitrogens with zero attached hydrogens (tertiary/aromatic N) is 2. The maximum absolute atomic E-state index is 12.7. The molecule has 5 rings (SSSR count). The number of fused-ring (bicyclic) bond motifs is 3. The van der Waals surface area contributed by atoms with Crippen LogP contribution in [0.3, 0.4) is 0 Å². The lowest BCUT2D eigenvalue weighted by molar-refractivity contribution is 0.0973. The third-order valence-electron chi connectivity index (χ3n) is 4.50. The summed E-state index contributed by atoms with van der Waals surface area (Å²) in [6.07, 6.45) is 0. The van der Waals surface area contributed by atoms with Crippen LogP contribution in [0.1, 0.15) is 17.5 Å². The Bertz CT molecular complexity index is 1220. The summed E-state index contributed by atoms with van der Waals surface area (Å²) in [4.78, 5) is 17.6. The zero-order valence-electron chi connectivity index (χ0n) is 14.6. The van der Waals surface area contributed by atoms with Gasteiger partial charge in [0.05, 0.1) is 10.2 Å². The topological polar surface area (TPSA) is 66.0 Å². The smallest absolute Gasteiger partial charge is 0.315 e. The molecule has 0 spiro atoms. The zero-order valence-corrected chi connectivity index (χ0v) is 15.4. The molecule has 0 unspecified atom stereocenters. The molecular formula is C20H16N2O4S. The van der Waals surface area contributed by atoms with Gasteiger partial charge in [-0.05, 0) is 19.1 Å². The largest absolute Gasteiger partial charge is 0.486 e. The van der Waals surface area contributed by atoms with E-state index in [1.807, 2.05) is 47.9 Å². The van der Waals surface area contributed by atoms with E-state index in [2.05, 4.69) is 4.99 Å². The van der Waals surface area contributed by atoms with Gasteiger partial charge in [0.25, 0.3) is 0 Å². The van der Waals surface area contributed by atoms with Crippen molar-refractivity contribution < 1.29 is 18.7 Å². The Kier molecular flexibility index (Phi) is 3.75. The molecule has 4 aromatic rings. The minimum Gasteiger partial charge on any atom is -0.486 e. The molecule has 6 nitrogen and oxygen atoms in total. The average Bonchev–Trinajstić information content (AvgIpc) is 3.26. The summed E-state index contributed by atoms with van der Waals surface area (Å²) in [5.41, 5.74) is 1.65. The molecule has 1 aliphatic rings. The second-order valence-electron chi connectivity index (χ2n) is 6.16. The van der Waals surface area contributed by atoms with Crippen LogP contribution in [0.4, 0.5) is 0 Å². The molecule has 0 fully saturated rings. The van der Waals surface area contributed by atoms with Gasteiger partial charge in [0, 0.05) is 24.1 Å². The number of amides is 1. The molecule has 0 atom stereocenters. The highest BCUT2D eigenvalue weighted by Crippen LogP contribution is 2.35. The van der Waals surface area contributed by atoms with Crippen LogP contribution in [-0.4, -0.2) is 23.7 Å². The molecule has 0 saturated heterocycles. The third kappa shape index (κ3) is 2.71. The Hall–Kier alpha value is -3.06. The van der Waals surface area contributed by atoms with Crippen LogP contribution in [0.15, 0.2) is 51.9 Å². The van der Waals surface area contributed by atoms with E-state index in [9.17, 15) is 4.79 Å². The normalized spacial score (nSPS) is 14.2. The number of aromatic nitrogens is 1. The van der Waals surface area contributed by atoms with Gasteiger partial charge in [-0.15, -0.1) is 0 Å². The summed E-state index contributed by atoms with van der Waals surface area (Å²) in [7, 11) is 0. The molecule has 0 aliphatic carbocycles. The van der Waals surface area contributed by atoms with Crippen molar-refractivity contribution in [2.75, 3.05) is 13.2 Å². The van der Waals surface area contributed by atoms with Crippen molar-refractivity contribution in [2.45, 2.75) is 13.5 Å². The number of aryl methyl sites for hydroxylation is 1. The molecule has 27 heavy (non-hydrogen) atoms. The number of hydrogen-bond acceptors (Lipinski definition) is 5. The predicted molar refractivity (Wildman–Crippen MR) is 103 cm³/mol. The van der Waals surface area contributed by atoms with E-state index in [1.165, 1.54) is 11.3 Å². The number of carbonyl (C=O) groups excluding carboxylic acids is 1. The number of ether oxygens (including phenoxy) is 2. The van der Waals surface area contributed by atoms with Crippen molar-refractivity contribution in [3.63, 3.8) is 0 Å². The molecule has 2 aromatic heterocycles. The van der Waals surface area contributed by atoms with Gasteiger partial charge in [-0.3, -0.25) is 4.79 Å². The number of thiazole rings is 1. The first-order valence-corrected chi connectivity index (χ1v) is 9.55. The minimum absolute atomic E-state index is 0.238. The quantitative estimate of drug-likeness (QED) is 0.528. The average molecular weight is 380 g/mol. The Morgan fingerprint density at radius 3 is 2.70 bits per heavy atom. The molecule has 136 valence electrons. The van der Waals surface area contributed by atoms with Crippen LogP contribution in [-0.2, 0) is 6.54 Å². The zero-order chi connectivity index (χ0) is 18.4. The summed E-state index contributed by atoms with van der Waals surface area (Å²) in [6, 6.07) is 13.2. The monoisotopic (exact) mass is 380 g/mol. The molecule has 1 aliphatic heterocycles. The maximum atomic E-state index is 12.7. The number of carbonyl (C=O) groups is 1. The Balaban J connectivity index is 1.63. The summed E-state index contributed by atoms with van der Waals surface area (Å²) in [5.74, 6) is 1.30. The summed E-state index contributed by atoms with van der Waals surface area (Å²) >= 11 is 1.45. The van der Waals surface area contributed by atoms with E-state index < -0.39 is 5.91 Å². The molecule has 1 amide bonds. The molecule has 0 radical (unpaired) electrons. The van der Waals surface area contributed by atoms with Crippen LogP contribution in [0, 0.1) is 0 Å². The molecule has 0 saturated carbocycles. The third-order valence-corrected chi connectivity index (χ3v) is 5.54. The lowest BCUT2D eigenvalue weighted by atomic mass is 10.2. The number of rotatable bonds is 2. The fourth-order valence-corrected chi connectivity index (χ4v) is 4.33. The first-order valence-electron chi connectivity index (χ1n) is 8.73. The standard InChI is InChI=1S/C20H16N2O4S/c1-2-22-13-10-15-16(25-8-7-24-15)11-18(13)27-20(22)21-19(23)17-9-12-5-3-4-6-14(12)26-17/h3-6,9-11H,2,7-8H2,1H3. The molecule has 0 bridgehead atoms. The van der Waals surface area contributed by atoms with Crippen molar-refractivity contribution in [2.24, 2.45) is 4.99 Å². The Morgan fingerprint density at radius 2 is 1.93 bits per heavy atom. The number of furan rings is 1. The maximum Gasteiger partial charge on any atom is 0.315 e. The fourth-order valence-electron chi connectivity index (χ4n) is 3.23. The van der Waals surface area contributed by atoms with Gasteiger partial charge in [0.15, 0.2) is 22.1 Å². The summed E-state index contributed by atoms with van der Waals surface area (Å²) < 4.78 is 20.0. The Labute approximate surface area is 158 Å². The van der Waals surface area contributed by atoms with Crippen molar-refractivity contribution in [3.05, 3.63) is 53.0 Å². The minimum atomic E-state index is -0.391. The van der Waals surface area contributed by atoms with E-state index in [4.69, 9.17) is 13.9 Å². The highest BCUT2D eigenvalue weighted by molar-refractivity contribution is 7.16. The summed E-state index contributed by atoms with van der Waals surface area (Å²) in [5, 5.41) is 0.887. The first kappa shape index (κ1) is 16.1. The van der Waals surface area contributed by atoms with Crippen molar-refractivity contribution in [3.8, 4) is 11.5 Å². The van der Waals surface area contributed by atoms with Gasteiger partial charge < -0.3 is 18.5 Å². The van der Waals surface area contributed by atoms with Crippen molar-refractivity contribution in [1.82, 2.24) is 4.57 Å². The Morgan fingerprint density at radius 1 is 1.15 bits per heavy atom. The van der Waals surface area contributed by atoms with Crippen LogP contribution in [0.2, 0.25) is 0 Å². The van der Waals surface area contributed by atoms with E-state index in [-0.39, 0.29) is 5.76 Å². The molecule has 2 aromatic carbocycles. The van der Waals surface area contributed by atoms with E-state index in [1.54, 1.807) is 6.07 Å². The van der Waals surface area contributed by atoms with Crippen molar-refractivity contribution in [1.29, 1.82) is 0 Å².